The van der Waals surface area contributed by atoms with Crippen molar-refractivity contribution in [2.45, 2.75) is 73.4 Å². The summed E-state index contributed by atoms with van der Waals surface area (Å²) in [6, 6.07) is 15.4. The van der Waals surface area contributed by atoms with Crippen LogP contribution in [-0.2, 0) is 17.8 Å². The molecule has 1 heterocycles. The van der Waals surface area contributed by atoms with Crippen LogP contribution < -0.4 is 16.0 Å². The number of hydrogen-bond donors (Lipinski definition) is 2. The lowest BCUT2D eigenvalue weighted by molar-refractivity contribution is -0.117. The Morgan fingerprint density at radius 3 is 2.23 bits per heavy atom. The van der Waals surface area contributed by atoms with Crippen LogP contribution in [-0.4, -0.2) is 19.0 Å². The summed E-state index contributed by atoms with van der Waals surface area (Å²) in [5.74, 6) is 0.127. The molecule has 0 saturated heterocycles. The fourth-order valence-corrected chi connectivity index (χ4v) is 3.75. The second kappa shape index (κ2) is 13.7. The van der Waals surface area contributed by atoms with Gasteiger partial charge in [0.15, 0.2) is 0 Å². The van der Waals surface area contributed by atoms with Crippen LogP contribution in [0.5, 0.6) is 0 Å². The van der Waals surface area contributed by atoms with Gasteiger partial charge in [0.1, 0.15) is 0 Å². The number of nitrogens with zero attached hydrogens (tertiary/aromatic N) is 1. The molecule has 0 aliphatic carbocycles. The summed E-state index contributed by atoms with van der Waals surface area (Å²) in [4.78, 5) is 13.9. The number of carbonyl (C=O) groups is 1. The SMILES string of the molecule is CC.CC/C=C(/C)N.CNCc1ccc(-c2ccc3c(c2)CC[C@H](C)N3C(C)=O)cc1. The number of hydrogen-bond acceptors (Lipinski definition) is 3. The fraction of sp³-hybridized carbons (Fsp3) is 0.444. The first-order valence-electron chi connectivity index (χ1n) is 11.5. The molecule has 1 aliphatic heterocycles. The van der Waals surface area contributed by atoms with Crippen molar-refractivity contribution < 1.29 is 4.79 Å². The van der Waals surface area contributed by atoms with Crippen LogP contribution in [0.1, 0.15) is 65.5 Å². The molecule has 31 heavy (non-hydrogen) atoms. The summed E-state index contributed by atoms with van der Waals surface area (Å²) in [6.45, 7) is 12.6. The molecule has 3 rings (SSSR count). The van der Waals surface area contributed by atoms with Crippen LogP contribution in [0.4, 0.5) is 5.69 Å². The Hall–Kier alpha value is -2.59. The number of allylic oxidation sites excluding steroid dienone is 2. The van der Waals surface area contributed by atoms with Crippen LogP contribution in [0.25, 0.3) is 11.1 Å². The molecule has 2 aromatic carbocycles. The normalized spacial score (nSPS) is 15.1. The van der Waals surface area contributed by atoms with Gasteiger partial charge in [0, 0.05) is 30.9 Å². The maximum absolute atomic E-state index is 11.9. The molecular formula is C27H41N3O. The summed E-state index contributed by atoms with van der Waals surface area (Å²) in [5, 5.41) is 3.17. The highest BCUT2D eigenvalue weighted by Gasteiger charge is 2.26. The molecular weight excluding hydrogens is 382 g/mol. The molecule has 3 N–H and O–H groups in total. The molecule has 0 spiro atoms. The van der Waals surface area contributed by atoms with Gasteiger partial charge in [0.05, 0.1) is 0 Å². The molecule has 170 valence electrons. The maximum Gasteiger partial charge on any atom is 0.224 e. The lowest BCUT2D eigenvalue weighted by atomic mass is 9.93. The van der Waals surface area contributed by atoms with Gasteiger partial charge in [-0.25, -0.2) is 0 Å². The number of fused-ring (bicyclic) bond motifs is 1. The van der Waals surface area contributed by atoms with Crippen molar-refractivity contribution in [2.75, 3.05) is 11.9 Å². The second-order valence-electron chi connectivity index (χ2n) is 7.70. The summed E-state index contributed by atoms with van der Waals surface area (Å²) in [5.41, 5.74) is 12.3. The average molecular weight is 424 g/mol. The van der Waals surface area contributed by atoms with Crippen molar-refractivity contribution >= 4 is 11.6 Å². The number of benzene rings is 2. The smallest absolute Gasteiger partial charge is 0.224 e. The summed E-state index contributed by atoms with van der Waals surface area (Å²) in [7, 11) is 1.96. The molecule has 0 bridgehead atoms. The largest absolute Gasteiger partial charge is 0.403 e. The molecule has 0 aromatic heterocycles. The highest BCUT2D eigenvalue weighted by molar-refractivity contribution is 5.94. The minimum absolute atomic E-state index is 0.127. The van der Waals surface area contributed by atoms with Gasteiger partial charge < -0.3 is 16.0 Å². The third-order valence-corrected chi connectivity index (χ3v) is 5.14. The van der Waals surface area contributed by atoms with E-state index in [9.17, 15) is 4.79 Å². The Kier molecular flexibility index (Phi) is 11.7. The van der Waals surface area contributed by atoms with Crippen LogP contribution in [0.15, 0.2) is 54.2 Å². The molecule has 0 saturated carbocycles. The lowest BCUT2D eigenvalue weighted by Gasteiger charge is -2.34. The Morgan fingerprint density at radius 1 is 1.13 bits per heavy atom. The van der Waals surface area contributed by atoms with Crippen LogP contribution in [0.2, 0.25) is 0 Å². The molecule has 2 aromatic rings. The maximum atomic E-state index is 11.9. The molecule has 1 amide bonds. The zero-order valence-corrected chi connectivity index (χ0v) is 20.5. The van der Waals surface area contributed by atoms with Crippen molar-refractivity contribution in [2.24, 2.45) is 5.73 Å². The van der Waals surface area contributed by atoms with E-state index in [1.165, 1.54) is 22.3 Å². The number of nitrogens with two attached hydrogens (primary N) is 1. The van der Waals surface area contributed by atoms with E-state index in [0.29, 0.717) is 0 Å². The van der Waals surface area contributed by atoms with Gasteiger partial charge in [-0.3, -0.25) is 4.79 Å². The first-order chi connectivity index (χ1) is 14.9. The van der Waals surface area contributed by atoms with E-state index in [1.54, 1.807) is 6.92 Å². The number of rotatable bonds is 4. The quantitative estimate of drug-likeness (QED) is 0.630. The monoisotopic (exact) mass is 423 g/mol. The van der Waals surface area contributed by atoms with Crippen LogP contribution in [0, 0.1) is 0 Å². The summed E-state index contributed by atoms with van der Waals surface area (Å²) < 4.78 is 0. The average Bonchev–Trinajstić information content (AvgIpc) is 2.75. The van der Waals surface area contributed by atoms with Crippen molar-refractivity contribution in [1.82, 2.24) is 5.32 Å². The van der Waals surface area contributed by atoms with Gasteiger partial charge in [0.25, 0.3) is 0 Å². The summed E-state index contributed by atoms with van der Waals surface area (Å²) >= 11 is 0. The van der Waals surface area contributed by atoms with Crippen LogP contribution in [0.3, 0.4) is 0 Å². The Bertz CT molecular complexity index is 836. The van der Waals surface area contributed by atoms with Crippen LogP contribution >= 0.6 is 0 Å². The number of amides is 1. The van der Waals surface area contributed by atoms with Crippen molar-refractivity contribution in [3.63, 3.8) is 0 Å². The predicted octanol–water partition coefficient (Wildman–Crippen LogP) is 6.05. The molecule has 1 aliphatic rings. The van der Waals surface area contributed by atoms with E-state index < -0.39 is 0 Å². The van der Waals surface area contributed by atoms with E-state index in [2.05, 4.69) is 61.6 Å². The molecule has 0 unspecified atom stereocenters. The molecule has 0 radical (unpaired) electrons. The van der Waals surface area contributed by atoms with Crippen molar-refractivity contribution in [3.8, 4) is 11.1 Å². The van der Waals surface area contributed by atoms with E-state index in [-0.39, 0.29) is 11.9 Å². The number of carbonyl (C=O) groups excluding carboxylic acids is 1. The first-order valence-corrected chi connectivity index (χ1v) is 11.5. The predicted molar refractivity (Wildman–Crippen MR) is 135 cm³/mol. The third-order valence-electron chi connectivity index (χ3n) is 5.14. The highest BCUT2D eigenvalue weighted by atomic mass is 16.2. The first kappa shape index (κ1) is 26.4. The summed E-state index contributed by atoms with van der Waals surface area (Å²) in [6.07, 6.45) is 5.09. The molecule has 1 atom stereocenters. The second-order valence-corrected chi connectivity index (χ2v) is 7.70. The van der Waals surface area contributed by atoms with Crippen molar-refractivity contribution in [3.05, 3.63) is 65.4 Å². The third kappa shape index (κ3) is 7.87. The number of anilines is 1. The Labute approximate surface area is 189 Å². The molecule has 4 heteroatoms. The van der Waals surface area contributed by atoms with E-state index in [4.69, 9.17) is 5.73 Å². The highest BCUT2D eigenvalue weighted by Crippen LogP contribution is 2.34. The van der Waals surface area contributed by atoms with Gasteiger partial charge in [0.2, 0.25) is 5.91 Å². The zero-order chi connectivity index (χ0) is 23.4. The standard InChI is InChI=1S/C20H24N2O.C5H11N.C2H6/c1-14-4-7-19-12-18(10-11-20(19)22(14)15(2)23)17-8-5-16(6-9-17)13-21-3;1-3-4-5(2)6;1-2/h5-6,8-12,14,21H,4,7,13H2,1-3H3;4H,3,6H2,1-2H3;1-2H3/b;5-4-;/t14-;;/m0../s1. The van der Waals surface area contributed by atoms with E-state index >= 15 is 0 Å². The van der Waals surface area contributed by atoms with E-state index in [1.807, 2.05) is 38.8 Å². The number of nitrogens with one attached hydrogen (secondary N) is 1. The lowest BCUT2D eigenvalue weighted by Crippen LogP contribution is -2.40. The number of aryl methyl sites for hydroxylation is 1. The fourth-order valence-electron chi connectivity index (χ4n) is 3.75. The van der Waals surface area contributed by atoms with E-state index in [0.717, 1.165) is 37.2 Å². The Morgan fingerprint density at radius 2 is 1.74 bits per heavy atom. The molecule has 0 fully saturated rings. The van der Waals surface area contributed by atoms with Gasteiger partial charge in [-0.2, -0.15) is 0 Å². The van der Waals surface area contributed by atoms with Gasteiger partial charge in [-0.1, -0.05) is 57.2 Å². The Balaban J connectivity index is 0.000000521. The molecule has 4 nitrogen and oxygen atoms in total. The minimum Gasteiger partial charge on any atom is -0.403 e. The zero-order valence-electron chi connectivity index (χ0n) is 20.5. The topological polar surface area (TPSA) is 58.4 Å². The van der Waals surface area contributed by atoms with Crippen molar-refractivity contribution in [1.29, 1.82) is 0 Å². The van der Waals surface area contributed by atoms with Gasteiger partial charge >= 0.3 is 0 Å². The van der Waals surface area contributed by atoms with Gasteiger partial charge in [-0.15, -0.1) is 0 Å². The van der Waals surface area contributed by atoms with Gasteiger partial charge in [-0.05, 0) is 74.5 Å². The minimum atomic E-state index is 0.127.